The molecule has 21 heavy (non-hydrogen) atoms. The molecule has 0 radical (unpaired) electrons. The van der Waals surface area contributed by atoms with Gasteiger partial charge < -0.3 is 20.1 Å². The van der Waals surface area contributed by atoms with Gasteiger partial charge in [0.05, 0.1) is 12.5 Å². The Balaban J connectivity index is 1.74. The van der Waals surface area contributed by atoms with Crippen LogP contribution in [0.3, 0.4) is 0 Å². The summed E-state index contributed by atoms with van der Waals surface area (Å²) in [7, 11) is 0. The van der Waals surface area contributed by atoms with Gasteiger partial charge >= 0.3 is 18.0 Å². The van der Waals surface area contributed by atoms with Gasteiger partial charge in [-0.05, 0) is 32.6 Å². The number of rotatable bonds is 6. The Labute approximate surface area is 123 Å². The average Bonchev–Trinajstić information content (AvgIpc) is 3.01. The van der Waals surface area contributed by atoms with Gasteiger partial charge in [0.1, 0.15) is 0 Å². The molecule has 2 fully saturated rings. The number of fused-ring (bicyclic) bond motifs is 2. The maximum atomic E-state index is 12.2. The van der Waals surface area contributed by atoms with Gasteiger partial charge in [0.15, 0.2) is 0 Å². The molecule has 0 aromatic rings. The molecule has 0 aromatic heterocycles. The van der Waals surface area contributed by atoms with E-state index in [9.17, 15) is 14.4 Å². The van der Waals surface area contributed by atoms with Crippen LogP contribution in [0.1, 0.15) is 39.0 Å². The zero-order valence-corrected chi connectivity index (χ0v) is 12.2. The SMILES string of the molecule is CCOC(=O)CCCNC(=O)N1C2CCC1C(C(=O)O)C2. The van der Waals surface area contributed by atoms with Crippen molar-refractivity contribution in [3.63, 3.8) is 0 Å². The summed E-state index contributed by atoms with van der Waals surface area (Å²) in [4.78, 5) is 36.1. The number of amides is 2. The second-order valence-corrected chi connectivity index (χ2v) is 5.53. The van der Waals surface area contributed by atoms with Gasteiger partial charge in [-0.1, -0.05) is 0 Å². The van der Waals surface area contributed by atoms with E-state index < -0.39 is 11.9 Å². The number of hydrogen-bond donors (Lipinski definition) is 2. The summed E-state index contributed by atoms with van der Waals surface area (Å²) >= 11 is 0. The van der Waals surface area contributed by atoms with E-state index >= 15 is 0 Å². The smallest absolute Gasteiger partial charge is 0.317 e. The van der Waals surface area contributed by atoms with Crippen LogP contribution in [0, 0.1) is 5.92 Å². The molecule has 3 unspecified atom stereocenters. The Hall–Kier alpha value is -1.79. The van der Waals surface area contributed by atoms with Crippen LogP contribution >= 0.6 is 0 Å². The summed E-state index contributed by atoms with van der Waals surface area (Å²) in [6, 6.07) is -0.353. The van der Waals surface area contributed by atoms with Crippen LogP contribution in [0.4, 0.5) is 4.79 Å². The first-order valence-electron chi connectivity index (χ1n) is 7.49. The summed E-state index contributed by atoms with van der Waals surface area (Å²) in [5.74, 6) is -1.52. The quantitative estimate of drug-likeness (QED) is 0.563. The summed E-state index contributed by atoms with van der Waals surface area (Å²) in [6.45, 7) is 2.51. The Kier molecular flexibility index (Phi) is 5.03. The lowest BCUT2D eigenvalue weighted by atomic mass is 9.89. The lowest BCUT2D eigenvalue weighted by Crippen LogP contribution is -2.44. The number of carboxylic acid groups (broad SMARTS) is 1. The molecule has 2 aliphatic rings. The lowest BCUT2D eigenvalue weighted by molar-refractivity contribution is -0.143. The molecule has 2 aliphatic heterocycles. The highest BCUT2D eigenvalue weighted by molar-refractivity contribution is 5.79. The van der Waals surface area contributed by atoms with Crippen molar-refractivity contribution < 1.29 is 24.2 Å². The maximum Gasteiger partial charge on any atom is 0.317 e. The molecule has 7 nitrogen and oxygen atoms in total. The first kappa shape index (κ1) is 15.6. The monoisotopic (exact) mass is 298 g/mol. The van der Waals surface area contributed by atoms with Gasteiger partial charge in [0.2, 0.25) is 0 Å². The molecule has 2 rings (SSSR count). The lowest BCUT2D eigenvalue weighted by Gasteiger charge is -2.23. The van der Waals surface area contributed by atoms with Gasteiger partial charge in [0.25, 0.3) is 0 Å². The van der Waals surface area contributed by atoms with Gasteiger partial charge in [0, 0.05) is 25.0 Å². The zero-order valence-electron chi connectivity index (χ0n) is 12.2. The molecule has 0 aromatic carbocycles. The molecule has 7 heteroatoms. The van der Waals surface area contributed by atoms with Gasteiger partial charge in [-0.3, -0.25) is 9.59 Å². The Morgan fingerprint density at radius 3 is 2.71 bits per heavy atom. The highest BCUT2D eigenvalue weighted by Crippen LogP contribution is 2.41. The third kappa shape index (κ3) is 3.46. The van der Waals surface area contributed by atoms with Crippen molar-refractivity contribution in [2.24, 2.45) is 5.92 Å². The number of urea groups is 1. The molecule has 0 saturated carbocycles. The minimum atomic E-state index is -0.817. The van der Waals surface area contributed by atoms with Crippen molar-refractivity contribution in [3.8, 4) is 0 Å². The van der Waals surface area contributed by atoms with E-state index in [1.54, 1.807) is 11.8 Å². The topological polar surface area (TPSA) is 95.9 Å². The zero-order chi connectivity index (χ0) is 15.4. The molecule has 0 aliphatic carbocycles. The largest absolute Gasteiger partial charge is 0.481 e. The summed E-state index contributed by atoms with van der Waals surface area (Å²) in [6.07, 6.45) is 2.99. The highest BCUT2D eigenvalue weighted by Gasteiger charge is 2.51. The fourth-order valence-corrected chi connectivity index (χ4v) is 3.32. The van der Waals surface area contributed by atoms with E-state index in [1.165, 1.54) is 0 Å². The van der Waals surface area contributed by atoms with Gasteiger partial charge in [-0.2, -0.15) is 0 Å². The van der Waals surface area contributed by atoms with Crippen molar-refractivity contribution in [2.45, 2.75) is 51.1 Å². The number of carboxylic acids is 1. The fourth-order valence-electron chi connectivity index (χ4n) is 3.32. The van der Waals surface area contributed by atoms with Crippen LogP contribution in [0.2, 0.25) is 0 Å². The van der Waals surface area contributed by atoms with E-state index in [0.29, 0.717) is 26.0 Å². The molecular formula is C14H22N2O5. The summed E-state index contributed by atoms with van der Waals surface area (Å²) in [5, 5.41) is 11.9. The molecular weight excluding hydrogens is 276 g/mol. The van der Waals surface area contributed by atoms with E-state index in [0.717, 1.165) is 12.8 Å². The second kappa shape index (κ2) is 6.78. The van der Waals surface area contributed by atoms with Crippen molar-refractivity contribution in [1.82, 2.24) is 10.2 Å². The molecule has 0 spiro atoms. The Morgan fingerprint density at radius 2 is 2.10 bits per heavy atom. The van der Waals surface area contributed by atoms with Crippen molar-refractivity contribution in [3.05, 3.63) is 0 Å². The number of carbonyl (C=O) groups excluding carboxylic acids is 2. The van der Waals surface area contributed by atoms with E-state index in [1.807, 2.05) is 0 Å². The molecule has 2 heterocycles. The fraction of sp³-hybridized carbons (Fsp3) is 0.786. The van der Waals surface area contributed by atoms with Crippen LogP contribution < -0.4 is 5.32 Å². The number of carbonyl (C=O) groups is 3. The first-order chi connectivity index (χ1) is 10.0. The number of esters is 1. The third-order valence-electron chi connectivity index (χ3n) is 4.23. The average molecular weight is 298 g/mol. The van der Waals surface area contributed by atoms with Gasteiger partial charge in [-0.15, -0.1) is 0 Å². The minimum Gasteiger partial charge on any atom is -0.481 e. The third-order valence-corrected chi connectivity index (χ3v) is 4.23. The molecule has 2 N–H and O–H groups in total. The molecule has 3 atom stereocenters. The molecule has 2 bridgehead atoms. The molecule has 118 valence electrons. The van der Waals surface area contributed by atoms with Crippen LogP contribution in [0.5, 0.6) is 0 Å². The van der Waals surface area contributed by atoms with Crippen molar-refractivity contribution in [2.75, 3.05) is 13.2 Å². The van der Waals surface area contributed by atoms with Crippen LogP contribution in [-0.2, 0) is 14.3 Å². The Bertz CT molecular complexity index is 426. The number of aliphatic carboxylic acids is 1. The minimum absolute atomic E-state index is 0.0427. The normalized spacial score (nSPS) is 26.7. The van der Waals surface area contributed by atoms with E-state index in [-0.39, 0.29) is 30.5 Å². The number of nitrogens with zero attached hydrogens (tertiary/aromatic N) is 1. The standard InChI is InChI=1S/C14H22N2O5/c1-2-21-12(17)4-3-7-15-14(20)16-9-5-6-11(16)10(8-9)13(18)19/h9-11H,2-8H2,1H3,(H,15,20)(H,18,19). The highest BCUT2D eigenvalue weighted by atomic mass is 16.5. The Morgan fingerprint density at radius 1 is 1.33 bits per heavy atom. The van der Waals surface area contributed by atoms with E-state index in [4.69, 9.17) is 9.84 Å². The van der Waals surface area contributed by atoms with Crippen molar-refractivity contribution in [1.29, 1.82) is 0 Å². The van der Waals surface area contributed by atoms with E-state index in [2.05, 4.69) is 5.32 Å². The predicted molar refractivity (Wildman–Crippen MR) is 73.7 cm³/mol. The van der Waals surface area contributed by atoms with Crippen LogP contribution in [0.15, 0.2) is 0 Å². The van der Waals surface area contributed by atoms with Gasteiger partial charge in [-0.25, -0.2) is 4.79 Å². The second-order valence-electron chi connectivity index (χ2n) is 5.53. The predicted octanol–water partition coefficient (Wildman–Crippen LogP) is 0.977. The summed E-state index contributed by atoms with van der Waals surface area (Å²) < 4.78 is 4.81. The molecule has 2 saturated heterocycles. The molecule has 2 amide bonds. The van der Waals surface area contributed by atoms with Crippen LogP contribution in [-0.4, -0.2) is 53.2 Å². The number of ether oxygens (including phenoxy) is 1. The number of nitrogens with one attached hydrogen (secondary N) is 1. The van der Waals surface area contributed by atoms with Crippen LogP contribution in [0.25, 0.3) is 0 Å². The number of hydrogen-bond acceptors (Lipinski definition) is 4. The first-order valence-corrected chi connectivity index (χ1v) is 7.49. The summed E-state index contributed by atoms with van der Waals surface area (Å²) in [5.41, 5.74) is 0. The maximum absolute atomic E-state index is 12.2. The van der Waals surface area contributed by atoms with Crippen molar-refractivity contribution >= 4 is 18.0 Å².